The second-order valence-corrected chi connectivity index (χ2v) is 6.91. The van der Waals surface area contributed by atoms with Gasteiger partial charge in [-0.3, -0.25) is 0 Å². The van der Waals surface area contributed by atoms with Crippen molar-refractivity contribution < 1.29 is 4.48 Å². The zero-order valence-electron chi connectivity index (χ0n) is 11.2. The van der Waals surface area contributed by atoms with E-state index in [1.54, 1.807) is 0 Å². The summed E-state index contributed by atoms with van der Waals surface area (Å²) in [6.07, 6.45) is 8.54. The molecule has 0 N–H and O–H groups in total. The molecule has 2 heterocycles. The lowest BCUT2D eigenvalue weighted by Gasteiger charge is -2.57. The zero-order chi connectivity index (χ0) is 11.4. The van der Waals surface area contributed by atoms with Crippen LogP contribution in [-0.2, 0) is 0 Å². The second kappa shape index (κ2) is 3.35. The van der Waals surface area contributed by atoms with E-state index >= 15 is 0 Å². The Labute approximate surface area is 100 Å². The van der Waals surface area contributed by atoms with Crippen LogP contribution in [0.4, 0.5) is 0 Å². The summed E-state index contributed by atoms with van der Waals surface area (Å²) in [6, 6.07) is 0. The quantitative estimate of drug-likeness (QED) is 0.433. The number of likely N-dealkylation sites (N-methyl/N-ethyl adjacent to an activating group) is 1. The van der Waals surface area contributed by atoms with Crippen LogP contribution in [0.3, 0.4) is 0 Å². The molecule has 0 unspecified atom stereocenters. The highest BCUT2D eigenvalue weighted by Crippen LogP contribution is 2.50. The van der Waals surface area contributed by atoms with Crippen LogP contribution >= 0.6 is 0 Å². The van der Waals surface area contributed by atoms with E-state index in [0.29, 0.717) is 5.54 Å². The Morgan fingerprint density at radius 2 is 2.06 bits per heavy atom. The normalized spacial score (nSPS) is 47.8. The number of quaternary nitrogens is 1. The molecule has 90 valence electrons. The smallest absolute Gasteiger partial charge is 0.118 e. The Hall–Kier alpha value is -0.300. The van der Waals surface area contributed by atoms with E-state index in [1.807, 2.05) is 11.1 Å². The van der Waals surface area contributed by atoms with Crippen LogP contribution < -0.4 is 0 Å². The van der Waals surface area contributed by atoms with Crippen LogP contribution in [0.2, 0.25) is 0 Å². The summed E-state index contributed by atoms with van der Waals surface area (Å²) in [5.74, 6) is 0.932. The van der Waals surface area contributed by atoms with E-state index in [4.69, 9.17) is 0 Å². The van der Waals surface area contributed by atoms with Crippen molar-refractivity contribution in [3.63, 3.8) is 0 Å². The summed E-state index contributed by atoms with van der Waals surface area (Å²) >= 11 is 0. The fourth-order valence-corrected chi connectivity index (χ4v) is 4.71. The van der Waals surface area contributed by atoms with Crippen molar-refractivity contribution in [1.29, 1.82) is 0 Å². The average molecular weight is 220 g/mol. The third kappa shape index (κ3) is 1.27. The molecule has 16 heavy (non-hydrogen) atoms. The Morgan fingerprint density at radius 1 is 1.25 bits per heavy atom. The van der Waals surface area contributed by atoms with Crippen molar-refractivity contribution in [3.05, 3.63) is 11.1 Å². The third-order valence-corrected chi connectivity index (χ3v) is 5.92. The van der Waals surface area contributed by atoms with Crippen molar-refractivity contribution in [1.82, 2.24) is 0 Å². The number of hydrogen-bond acceptors (Lipinski definition) is 0. The molecule has 1 nitrogen and oxygen atoms in total. The number of fused-ring (bicyclic) bond motifs is 2. The van der Waals surface area contributed by atoms with Crippen LogP contribution in [0.1, 0.15) is 52.4 Å². The summed E-state index contributed by atoms with van der Waals surface area (Å²) in [5, 5.41) is 0. The molecule has 0 aromatic rings. The molecule has 1 fully saturated rings. The van der Waals surface area contributed by atoms with Gasteiger partial charge in [0.25, 0.3) is 0 Å². The Balaban J connectivity index is 2.02. The Bertz CT molecular complexity index is 343. The van der Waals surface area contributed by atoms with Gasteiger partial charge in [0.1, 0.15) is 5.54 Å². The number of rotatable bonds is 0. The summed E-state index contributed by atoms with van der Waals surface area (Å²) < 4.78 is 1.34. The molecule has 2 aliphatic heterocycles. The molecule has 1 heteroatoms. The van der Waals surface area contributed by atoms with Crippen molar-refractivity contribution in [2.45, 2.75) is 57.9 Å². The van der Waals surface area contributed by atoms with E-state index in [1.165, 1.54) is 56.1 Å². The van der Waals surface area contributed by atoms with Crippen molar-refractivity contribution in [2.24, 2.45) is 5.92 Å². The molecule has 3 aliphatic rings. The van der Waals surface area contributed by atoms with Gasteiger partial charge in [0, 0.05) is 18.8 Å². The summed E-state index contributed by atoms with van der Waals surface area (Å²) in [5.41, 5.74) is 4.25. The van der Waals surface area contributed by atoms with E-state index < -0.39 is 0 Å². The van der Waals surface area contributed by atoms with Gasteiger partial charge >= 0.3 is 0 Å². The second-order valence-electron chi connectivity index (χ2n) is 6.91. The van der Waals surface area contributed by atoms with Gasteiger partial charge in [-0.25, -0.2) is 0 Å². The van der Waals surface area contributed by atoms with E-state index in [0.717, 1.165) is 5.92 Å². The molecule has 0 saturated carbocycles. The van der Waals surface area contributed by atoms with Gasteiger partial charge in [-0.1, -0.05) is 12.5 Å². The highest BCUT2D eigenvalue weighted by molar-refractivity contribution is 5.30. The molecule has 3 atom stereocenters. The molecule has 1 aliphatic carbocycles. The largest absolute Gasteiger partial charge is 0.317 e. The first-order valence-corrected chi connectivity index (χ1v) is 7.11. The molecular weight excluding hydrogens is 194 g/mol. The lowest BCUT2D eigenvalue weighted by atomic mass is 9.72. The first kappa shape index (κ1) is 10.8. The zero-order valence-corrected chi connectivity index (χ0v) is 11.2. The number of hydrogen-bond donors (Lipinski definition) is 0. The summed E-state index contributed by atoms with van der Waals surface area (Å²) in [6.45, 7) is 7.83. The molecule has 0 aromatic carbocycles. The summed E-state index contributed by atoms with van der Waals surface area (Å²) in [4.78, 5) is 0. The minimum absolute atomic E-state index is 0.511. The van der Waals surface area contributed by atoms with Gasteiger partial charge in [-0.05, 0) is 38.2 Å². The monoisotopic (exact) mass is 220 g/mol. The van der Waals surface area contributed by atoms with E-state index in [9.17, 15) is 0 Å². The van der Waals surface area contributed by atoms with Crippen LogP contribution in [0.15, 0.2) is 11.1 Å². The number of piperidine rings is 1. The maximum absolute atomic E-state index is 2.57. The van der Waals surface area contributed by atoms with E-state index in [2.05, 4.69) is 20.9 Å². The first-order valence-electron chi connectivity index (χ1n) is 7.11. The van der Waals surface area contributed by atoms with Gasteiger partial charge in [-0.2, -0.15) is 0 Å². The number of nitrogens with zero attached hydrogens (tertiary/aromatic N) is 1. The van der Waals surface area contributed by atoms with Crippen molar-refractivity contribution in [2.75, 3.05) is 20.1 Å². The topological polar surface area (TPSA) is 0 Å². The van der Waals surface area contributed by atoms with Crippen LogP contribution in [0.25, 0.3) is 0 Å². The van der Waals surface area contributed by atoms with Crippen LogP contribution in [-0.4, -0.2) is 30.2 Å². The maximum atomic E-state index is 2.57. The molecule has 1 saturated heterocycles. The molecule has 0 bridgehead atoms. The van der Waals surface area contributed by atoms with Gasteiger partial charge in [0.05, 0.1) is 20.1 Å². The summed E-state index contributed by atoms with van der Waals surface area (Å²) in [7, 11) is 2.53. The van der Waals surface area contributed by atoms with E-state index in [-0.39, 0.29) is 0 Å². The first-order chi connectivity index (χ1) is 7.55. The highest BCUT2D eigenvalue weighted by atomic mass is 15.4. The molecule has 0 radical (unpaired) electrons. The minimum atomic E-state index is 0.511. The van der Waals surface area contributed by atoms with Gasteiger partial charge in [0.2, 0.25) is 0 Å². The predicted molar refractivity (Wildman–Crippen MR) is 68.2 cm³/mol. The molecule has 0 spiro atoms. The maximum Gasteiger partial charge on any atom is 0.118 e. The fraction of sp³-hybridized carbons (Fsp3) is 0.867. The average Bonchev–Trinajstić information content (AvgIpc) is 2.70. The lowest BCUT2D eigenvalue weighted by Crippen LogP contribution is -2.67. The molecular formula is C15H26N+. The fourth-order valence-electron chi connectivity index (χ4n) is 4.71. The standard InChI is InChI=1S/C15H26N/c1-12-7-9-15(2)14-6-4-5-13(14)8-10-16(15,3)11-12/h12H,4-11H2,1-3H3/q+1/t12-,15+,16-/m0/s1. The minimum Gasteiger partial charge on any atom is -0.317 e. The highest BCUT2D eigenvalue weighted by Gasteiger charge is 2.53. The van der Waals surface area contributed by atoms with Gasteiger partial charge in [-0.15, -0.1) is 0 Å². The van der Waals surface area contributed by atoms with Crippen LogP contribution in [0, 0.1) is 5.92 Å². The van der Waals surface area contributed by atoms with Crippen LogP contribution in [0.5, 0.6) is 0 Å². The molecule has 0 aromatic heterocycles. The SMILES string of the molecule is C[C@H]1CC[C@]2(C)C3=C(CCC3)CC[N@@+]2(C)C1. The van der Waals surface area contributed by atoms with Crippen molar-refractivity contribution in [3.8, 4) is 0 Å². The van der Waals surface area contributed by atoms with Crippen molar-refractivity contribution >= 4 is 0 Å². The molecule has 0 amide bonds. The predicted octanol–water partition coefficient (Wildman–Crippen LogP) is 3.51. The Morgan fingerprint density at radius 3 is 2.88 bits per heavy atom. The van der Waals surface area contributed by atoms with Gasteiger partial charge in [0.15, 0.2) is 0 Å². The third-order valence-electron chi connectivity index (χ3n) is 5.92. The molecule has 3 rings (SSSR count). The van der Waals surface area contributed by atoms with Gasteiger partial charge < -0.3 is 4.48 Å². The Kier molecular flexibility index (Phi) is 2.27. The lowest BCUT2D eigenvalue weighted by molar-refractivity contribution is -0.961.